The van der Waals surface area contributed by atoms with Crippen molar-refractivity contribution in [2.75, 3.05) is 27.4 Å². The van der Waals surface area contributed by atoms with Crippen LogP contribution in [0.3, 0.4) is 0 Å². The molecule has 0 bridgehead atoms. The van der Waals surface area contributed by atoms with E-state index < -0.39 is 0 Å². The molecule has 0 fully saturated rings. The molecule has 0 heterocycles. The van der Waals surface area contributed by atoms with E-state index in [1.54, 1.807) is 7.11 Å². The number of hydrogen-bond acceptors (Lipinski definition) is 2. The summed E-state index contributed by atoms with van der Waals surface area (Å²) >= 11 is 0. The first-order valence-electron chi connectivity index (χ1n) is 4.96. The van der Waals surface area contributed by atoms with Gasteiger partial charge in [0.15, 0.2) is 0 Å². The van der Waals surface area contributed by atoms with Crippen molar-refractivity contribution < 1.29 is 4.74 Å². The number of benzene rings is 1. The van der Waals surface area contributed by atoms with Gasteiger partial charge in [0.25, 0.3) is 0 Å². The van der Waals surface area contributed by atoms with E-state index in [0.717, 1.165) is 13.0 Å². The highest BCUT2D eigenvalue weighted by molar-refractivity contribution is 5.25. The summed E-state index contributed by atoms with van der Waals surface area (Å²) in [6, 6.07) is 8.53. The van der Waals surface area contributed by atoms with Crippen LogP contribution in [0.5, 0.6) is 0 Å². The maximum atomic E-state index is 5.05. The van der Waals surface area contributed by atoms with Crippen LogP contribution in [0.15, 0.2) is 24.3 Å². The fraction of sp³-hybridized carbons (Fsp3) is 0.500. The molecule has 1 rings (SSSR count). The standard InChI is InChI=1S/C12H19NO/c1-11-6-4-5-7-12(11)8-9-13(2)10-14-3/h4-7H,8-10H2,1-3H3. The van der Waals surface area contributed by atoms with Crippen LogP contribution >= 0.6 is 0 Å². The average molecular weight is 193 g/mol. The zero-order chi connectivity index (χ0) is 10.4. The molecule has 78 valence electrons. The Labute approximate surface area is 86.5 Å². The second kappa shape index (κ2) is 5.78. The molecule has 0 amide bonds. The van der Waals surface area contributed by atoms with Gasteiger partial charge < -0.3 is 4.74 Å². The van der Waals surface area contributed by atoms with Gasteiger partial charge in [0.1, 0.15) is 0 Å². The molecule has 14 heavy (non-hydrogen) atoms. The van der Waals surface area contributed by atoms with Gasteiger partial charge >= 0.3 is 0 Å². The maximum Gasteiger partial charge on any atom is 0.0984 e. The van der Waals surface area contributed by atoms with Crippen LogP contribution in [0.4, 0.5) is 0 Å². The Morgan fingerprint density at radius 3 is 2.64 bits per heavy atom. The minimum atomic E-state index is 0.700. The van der Waals surface area contributed by atoms with Gasteiger partial charge in [-0.2, -0.15) is 0 Å². The SMILES string of the molecule is COCN(C)CCc1ccccc1C. The Balaban J connectivity index is 2.41. The highest BCUT2D eigenvalue weighted by Gasteiger charge is 2.00. The molecule has 0 saturated heterocycles. The molecule has 0 N–H and O–H groups in total. The molecule has 1 aromatic rings. The molecule has 2 heteroatoms. The summed E-state index contributed by atoms with van der Waals surface area (Å²) in [6.45, 7) is 3.90. The Bertz CT molecular complexity index is 273. The summed E-state index contributed by atoms with van der Waals surface area (Å²) in [6.07, 6.45) is 1.09. The molecular formula is C12H19NO. The van der Waals surface area contributed by atoms with Crippen LogP contribution in [-0.2, 0) is 11.2 Å². The first kappa shape index (κ1) is 11.2. The first-order chi connectivity index (χ1) is 6.74. The maximum absolute atomic E-state index is 5.05. The third-order valence-corrected chi connectivity index (χ3v) is 2.37. The molecule has 1 aromatic carbocycles. The summed E-state index contributed by atoms with van der Waals surface area (Å²) < 4.78 is 5.05. The number of ether oxygens (including phenoxy) is 1. The Hall–Kier alpha value is -0.860. The van der Waals surface area contributed by atoms with Gasteiger partial charge in [0.05, 0.1) is 6.73 Å². The lowest BCUT2D eigenvalue weighted by atomic mass is 10.1. The van der Waals surface area contributed by atoms with Gasteiger partial charge in [-0.15, -0.1) is 0 Å². The van der Waals surface area contributed by atoms with Gasteiger partial charge in [-0.25, -0.2) is 0 Å². The zero-order valence-corrected chi connectivity index (χ0v) is 9.29. The molecule has 0 unspecified atom stereocenters. The van der Waals surface area contributed by atoms with Gasteiger partial charge in [0.2, 0.25) is 0 Å². The Kier molecular flexibility index (Phi) is 4.63. The number of methoxy groups -OCH3 is 1. The van der Waals surface area contributed by atoms with Crippen molar-refractivity contribution in [3.8, 4) is 0 Å². The molecule has 0 spiro atoms. The summed E-state index contributed by atoms with van der Waals surface area (Å²) in [7, 11) is 3.80. The highest BCUT2D eigenvalue weighted by Crippen LogP contribution is 2.07. The van der Waals surface area contributed by atoms with E-state index in [0.29, 0.717) is 6.73 Å². The molecule has 0 radical (unpaired) electrons. The minimum Gasteiger partial charge on any atom is -0.369 e. The van der Waals surface area contributed by atoms with Crippen LogP contribution in [-0.4, -0.2) is 32.3 Å². The Morgan fingerprint density at radius 2 is 2.00 bits per heavy atom. The van der Waals surface area contributed by atoms with Crippen molar-refractivity contribution >= 4 is 0 Å². The Morgan fingerprint density at radius 1 is 1.29 bits per heavy atom. The normalized spacial score (nSPS) is 10.9. The molecule has 0 aliphatic heterocycles. The molecule has 0 aliphatic rings. The van der Waals surface area contributed by atoms with Crippen molar-refractivity contribution in [2.45, 2.75) is 13.3 Å². The monoisotopic (exact) mass is 193 g/mol. The quantitative estimate of drug-likeness (QED) is 0.664. The van der Waals surface area contributed by atoms with Gasteiger partial charge in [0, 0.05) is 13.7 Å². The second-order valence-electron chi connectivity index (χ2n) is 3.67. The van der Waals surface area contributed by atoms with E-state index in [4.69, 9.17) is 4.74 Å². The number of likely N-dealkylation sites (N-methyl/N-ethyl adjacent to an activating group) is 1. The fourth-order valence-electron chi connectivity index (χ4n) is 1.49. The largest absolute Gasteiger partial charge is 0.369 e. The van der Waals surface area contributed by atoms with Crippen LogP contribution < -0.4 is 0 Å². The van der Waals surface area contributed by atoms with Crippen molar-refractivity contribution in [2.24, 2.45) is 0 Å². The van der Waals surface area contributed by atoms with E-state index in [2.05, 4.69) is 43.1 Å². The smallest absolute Gasteiger partial charge is 0.0984 e. The van der Waals surface area contributed by atoms with E-state index >= 15 is 0 Å². The molecule has 0 aromatic heterocycles. The van der Waals surface area contributed by atoms with Gasteiger partial charge in [-0.1, -0.05) is 24.3 Å². The van der Waals surface area contributed by atoms with Crippen molar-refractivity contribution in [3.05, 3.63) is 35.4 Å². The molecule has 0 saturated carbocycles. The molecule has 0 aliphatic carbocycles. The van der Waals surface area contributed by atoms with E-state index in [-0.39, 0.29) is 0 Å². The zero-order valence-electron chi connectivity index (χ0n) is 9.29. The summed E-state index contributed by atoms with van der Waals surface area (Å²) in [5.41, 5.74) is 2.80. The highest BCUT2D eigenvalue weighted by atomic mass is 16.5. The lowest BCUT2D eigenvalue weighted by Crippen LogP contribution is -2.23. The van der Waals surface area contributed by atoms with Crippen molar-refractivity contribution in [3.63, 3.8) is 0 Å². The number of hydrogen-bond donors (Lipinski definition) is 0. The third kappa shape index (κ3) is 3.48. The number of aryl methyl sites for hydroxylation is 1. The van der Waals surface area contributed by atoms with Crippen LogP contribution in [0, 0.1) is 6.92 Å². The summed E-state index contributed by atoms with van der Waals surface area (Å²) in [5, 5.41) is 0. The topological polar surface area (TPSA) is 12.5 Å². The summed E-state index contributed by atoms with van der Waals surface area (Å²) in [4.78, 5) is 2.17. The second-order valence-corrected chi connectivity index (χ2v) is 3.67. The lowest BCUT2D eigenvalue weighted by molar-refractivity contribution is 0.0827. The van der Waals surface area contributed by atoms with Crippen LogP contribution in [0.2, 0.25) is 0 Å². The molecular weight excluding hydrogens is 174 g/mol. The van der Waals surface area contributed by atoms with E-state index in [1.165, 1.54) is 11.1 Å². The van der Waals surface area contributed by atoms with Crippen LogP contribution in [0.25, 0.3) is 0 Å². The lowest BCUT2D eigenvalue weighted by Gasteiger charge is -2.15. The van der Waals surface area contributed by atoms with Crippen LogP contribution in [0.1, 0.15) is 11.1 Å². The number of rotatable bonds is 5. The predicted molar refractivity (Wildman–Crippen MR) is 59.4 cm³/mol. The van der Waals surface area contributed by atoms with E-state index in [1.807, 2.05) is 0 Å². The molecule has 2 nitrogen and oxygen atoms in total. The summed E-state index contributed by atoms with van der Waals surface area (Å²) in [5.74, 6) is 0. The third-order valence-electron chi connectivity index (χ3n) is 2.37. The first-order valence-corrected chi connectivity index (χ1v) is 4.96. The fourth-order valence-corrected chi connectivity index (χ4v) is 1.49. The predicted octanol–water partition coefficient (Wildman–Crippen LogP) is 2.07. The average Bonchev–Trinajstić information content (AvgIpc) is 2.17. The van der Waals surface area contributed by atoms with Crippen molar-refractivity contribution in [1.29, 1.82) is 0 Å². The molecule has 0 atom stereocenters. The van der Waals surface area contributed by atoms with Gasteiger partial charge in [-0.05, 0) is 31.5 Å². The van der Waals surface area contributed by atoms with Crippen molar-refractivity contribution in [1.82, 2.24) is 4.90 Å². The minimum absolute atomic E-state index is 0.700. The van der Waals surface area contributed by atoms with Gasteiger partial charge in [-0.3, -0.25) is 4.90 Å². The number of nitrogens with zero attached hydrogens (tertiary/aromatic N) is 1. The van der Waals surface area contributed by atoms with E-state index in [9.17, 15) is 0 Å².